The number of H-pyrrole nitrogens is 1. The van der Waals surface area contributed by atoms with Crippen molar-refractivity contribution in [2.75, 3.05) is 0 Å². The highest BCUT2D eigenvalue weighted by molar-refractivity contribution is 7.90. The highest BCUT2D eigenvalue weighted by Crippen LogP contribution is 2.31. The summed E-state index contributed by atoms with van der Waals surface area (Å²) < 4.78 is 28.9. The van der Waals surface area contributed by atoms with E-state index in [1.54, 1.807) is 12.3 Å². The molecule has 1 aliphatic rings. The number of rotatable bonds is 5. The quantitative estimate of drug-likeness (QED) is 0.368. The summed E-state index contributed by atoms with van der Waals surface area (Å²) in [7, 11) is -3.68. The molecule has 0 aliphatic heterocycles. The molecule has 0 saturated carbocycles. The van der Waals surface area contributed by atoms with Crippen molar-refractivity contribution in [1.29, 1.82) is 0 Å². The third kappa shape index (κ3) is 4.14. The Kier molecular flexibility index (Phi) is 6.56. The van der Waals surface area contributed by atoms with Gasteiger partial charge in [0.05, 0.1) is 10.6 Å². The van der Waals surface area contributed by atoms with Gasteiger partial charge in [0.25, 0.3) is 10.0 Å². The summed E-state index contributed by atoms with van der Waals surface area (Å²) in [6.45, 7) is 6.11. The van der Waals surface area contributed by atoms with Crippen molar-refractivity contribution in [3.05, 3.63) is 77.6 Å². The van der Waals surface area contributed by atoms with Gasteiger partial charge in [0.1, 0.15) is 0 Å². The van der Waals surface area contributed by atoms with Crippen LogP contribution in [0.15, 0.2) is 65.8 Å². The summed E-state index contributed by atoms with van der Waals surface area (Å²) >= 11 is 0. The van der Waals surface area contributed by atoms with E-state index in [1.807, 2.05) is 56.4 Å². The number of nitrogens with zero attached hydrogens (tertiary/aromatic N) is 1. The molecule has 32 heavy (non-hydrogen) atoms. The lowest BCUT2D eigenvalue weighted by Crippen LogP contribution is -2.14. The molecule has 0 unspecified atom stereocenters. The van der Waals surface area contributed by atoms with Gasteiger partial charge in [-0.3, -0.25) is 0 Å². The van der Waals surface area contributed by atoms with Gasteiger partial charge in [0.2, 0.25) is 0 Å². The maximum atomic E-state index is 13.7. The Balaban J connectivity index is 0.00000119. The van der Waals surface area contributed by atoms with Crippen LogP contribution in [0, 0.1) is 0 Å². The lowest BCUT2D eigenvalue weighted by molar-refractivity contribution is 0.587. The average molecular weight is 449 g/mol. The van der Waals surface area contributed by atoms with Gasteiger partial charge in [-0.25, -0.2) is 12.4 Å². The molecule has 168 valence electrons. The fourth-order valence-corrected chi connectivity index (χ4v) is 5.98. The molecule has 4 aromatic rings. The molecule has 1 N–H and O–H groups in total. The monoisotopic (exact) mass is 448 g/mol. The van der Waals surface area contributed by atoms with Crippen LogP contribution in [0.4, 0.5) is 0 Å². The lowest BCUT2D eigenvalue weighted by Gasteiger charge is -2.17. The van der Waals surface area contributed by atoms with Crippen LogP contribution in [0.2, 0.25) is 0 Å². The van der Waals surface area contributed by atoms with Crippen LogP contribution in [0.5, 0.6) is 0 Å². The summed E-state index contributed by atoms with van der Waals surface area (Å²) in [5.41, 5.74) is 6.19. The number of fused-ring (bicyclic) bond motifs is 2. The van der Waals surface area contributed by atoms with Crippen LogP contribution in [-0.2, 0) is 29.3 Å². The van der Waals surface area contributed by atoms with Crippen LogP contribution in [0.1, 0.15) is 56.7 Å². The van der Waals surface area contributed by atoms with E-state index in [9.17, 15) is 8.42 Å². The Morgan fingerprint density at radius 2 is 1.72 bits per heavy atom. The zero-order valence-corrected chi connectivity index (χ0v) is 20.0. The van der Waals surface area contributed by atoms with Crippen molar-refractivity contribution >= 4 is 20.9 Å². The SMILES string of the molecule is CC.CCCc1cc(-c2ccc3[nH]ccc3c2)n(S(=O)(=O)c2ccc3c(c2)CCCC3)c1. The average Bonchev–Trinajstić information content (AvgIpc) is 3.47. The summed E-state index contributed by atoms with van der Waals surface area (Å²) in [6.07, 6.45) is 9.84. The molecule has 5 heteroatoms. The molecule has 5 rings (SSSR count). The second kappa shape index (κ2) is 9.37. The summed E-state index contributed by atoms with van der Waals surface area (Å²) in [4.78, 5) is 3.58. The van der Waals surface area contributed by atoms with E-state index in [1.165, 1.54) is 21.5 Å². The van der Waals surface area contributed by atoms with Crippen LogP contribution < -0.4 is 0 Å². The number of aromatic nitrogens is 2. The Labute approximate surface area is 191 Å². The molecule has 0 bridgehead atoms. The van der Waals surface area contributed by atoms with Crippen molar-refractivity contribution in [3.63, 3.8) is 0 Å². The first kappa shape index (κ1) is 22.4. The molecule has 0 radical (unpaired) electrons. The Bertz CT molecular complexity index is 1330. The smallest absolute Gasteiger partial charge is 0.268 e. The van der Waals surface area contributed by atoms with Gasteiger partial charge in [0.15, 0.2) is 0 Å². The van der Waals surface area contributed by atoms with Crippen molar-refractivity contribution in [2.45, 2.75) is 64.2 Å². The van der Waals surface area contributed by atoms with Gasteiger partial charge in [-0.05, 0) is 90.8 Å². The first-order valence-corrected chi connectivity index (χ1v) is 13.2. The predicted molar refractivity (Wildman–Crippen MR) is 133 cm³/mol. The standard InChI is InChI=1S/C25H26N2O2S.C2H6/c1-2-5-18-14-25(22-9-11-24-21(15-22)12-13-26-24)27(17-18)30(28,29)23-10-8-19-6-3-4-7-20(19)16-23;1-2/h8-17,26H,2-7H2,1H3;1-2H3. The maximum absolute atomic E-state index is 13.7. The van der Waals surface area contributed by atoms with Gasteiger partial charge in [0, 0.05) is 23.3 Å². The van der Waals surface area contributed by atoms with Crippen LogP contribution >= 0.6 is 0 Å². The van der Waals surface area contributed by atoms with Crippen molar-refractivity contribution in [1.82, 2.24) is 8.96 Å². The van der Waals surface area contributed by atoms with Crippen LogP contribution in [-0.4, -0.2) is 17.4 Å². The third-order valence-corrected chi connectivity index (χ3v) is 7.78. The van der Waals surface area contributed by atoms with Crippen molar-refractivity contribution < 1.29 is 8.42 Å². The molecule has 0 fully saturated rings. The van der Waals surface area contributed by atoms with E-state index in [0.29, 0.717) is 4.90 Å². The molecule has 0 spiro atoms. The number of hydrogen-bond acceptors (Lipinski definition) is 2. The molecule has 4 nitrogen and oxygen atoms in total. The number of benzene rings is 2. The largest absolute Gasteiger partial charge is 0.361 e. The number of nitrogens with one attached hydrogen (secondary N) is 1. The van der Waals surface area contributed by atoms with Gasteiger partial charge in [-0.1, -0.05) is 39.3 Å². The van der Waals surface area contributed by atoms with Gasteiger partial charge in [-0.2, -0.15) is 0 Å². The fourth-order valence-electron chi connectivity index (χ4n) is 4.53. The van der Waals surface area contributed by atoms with E-state index >= 15 is 0 Å². The molecule has 2 heterocycles. The topological polar surface area (TPSA) is 54.9 Å². The number of aromatic amines is 1. The number of aryl methyl sites for hydroxylation is 3. The van der Waals surface area contributed by atoms with E-state index in [-0.39, 0.29) is 0 Å². The van der Waals surface area contributed by atoms with E-state index in [2.05, 4.69) is 18.0 Å². The molecule has 1 aliphatic carbocycles. The lowest BCUT2D eigenvalue weighted by atomic mass is 9.92. The minimum Gasteiger partial charge on any atom is -0.361 e. The minimum absolute atomic E-state index is 0.380. The summed E-state index contributed by atoms with van der Waals surface area (Å²) in [6, 6.07) is 15.7. The number of hydrogen-bond donors (Lipinski definition) is 1. The fraction of sp³-hybridized carbons (Fsp3) is 0.333. The molecule has 2 aromatic carbocycles. The van der Waals surface area contributed by atoms with E-state index in [4.69, 9.17) is 0 Å². The highest BCUT2D eigenvalue weighted by atomic mass is 32.2. The highest BCUT2D eigenvalue weighted by Gasteiger charge is 2.23. The summed E-state index contributed by atoms with van der Waals surface area (Å²) in [5, 5.41) is 1.07. The van der Waals surface area contributed by atoms with Crippen LogP contribution in [0.25, 0.3) is 22.2 Å². The molecule has 0 atom stereocenters. The second-order valence-corrected chi connectivity index (χ2v) is 10.0. The summed E-state index contributed by atoms with van der Waals surface area (Å²) in [5.74, 6) is 0. The minimum atomic E-state index is -3.68. The van der Waals surface area contributed by atoms with Crippen LogP contribution in [0.3, 0.4) is 0 Å². The normalized spacial score (nSPS) is 13.5. The molecule has 0 amide bonds. The third-order valence-electron chi connectivity index (χ3n) is 6.11. The Morgan fingerprint density at radius 3 is 2.50 bits per heavy atom. The van der Waals surface area contributed by atoms with E-state index in [0.717, 1.165) is 59.8 Å². The molecule has 2 aromatic heterocycles. The first-order valence-electron chi connectivity index (χ1n) is 11.7. The zero-order valence-electron chi connectivity index (χ0n) is 19.2. The first-order chi connectivity index (χ1) is 15.6. The molecule has 0 saturated heterocycles. The van der Waals surface area contributed by atoms with Crippen molar-refractivity contribution in [3.8, 4) is 11.3 Å². The van der Waals surface area contributed by atoms with E-state index < -0.39 is 10.0 Å². The Morgan fingerprint density at radius 1 is 0.938 bits per heavy atom. The maximum Gasteiger partial charge on any atom is 0.268 e. The van der Waals surface area contributed by atoms with Crippen molar-refractivity contribution in [2.24, 2.45) is 0 Å². The van der Waals surface area contributed by atoms with Gasteiger partial charge in [-0.15, -0.1) is 0 Å². The molecular formula is C27H32N2O2S. The van der Waals surface area contributed by atoms with Gasteiger partial charge < -0.3 is 4.98 Å². The predicted octanol–water partition coefficient (Wildman–Crippen LogP) is 6.73. The zero-order chi connectivity index (χ0) is 22.7. The van der Waals surface area contributed by atoms with Gasteiger partial charge >= 0.3 is 0 Å². The second-order valence-electron chi connectivity index (χ2n) is 8.20. The Hall–Kier alpha value is -2.79. The molecular weight excluding hydrogens is 416 g/mol.